The number of nitrogens with zero attached hydrogens (tertiary/aromatic N) is 3. The molecule has 14 heteroatoms. The number of anilines is 1. The van der Waals surface area contributed by atoms with E-state index < -0.39 is 39.6 Å². The normalized spacial score (nSPS) is 21.3. The Morgan fingerprint density at radius 2 is 1.66 bits per heavy atom. The number of benzene rings is 1. The van der Waals surface area contributed by atoms with Crippen LogP contribution >= 0.6 is 0 Å². The van der Waals surface area contributed by atoms with Gasteiger partial charge in [-0.25, -0.2) is 13.2 Å². The molecule has 1 aromatic rings. The first-order valence-corrected chi connectivity index (χ1v) is 14.3. The number of halogens is 6. The number of carbonyl (C=O) groups excluding carboxylic acids is 1. The van der Waals surface area contributed by atoms with Crippen LogP contribution in [0.1, 0.15) is 36.8 Å². The molecule has 0 aromatic heterocycles. The van der Waals surface area contributed by atoms with Crippen molar-refractivity contribution in [2.75, 3.05) is 43.9 Å². The van der Waals surface area contributed by atoms with Gasteiger partial charge in [-0.1, -0.05) is 12.1 Å². The largest absolute Gasteiger partial charge is 0.434 e. The van der Waals surface area contributed by atoms with E-state index in [9.17, 15) is 39.6 Å². The molecule has 3 saturated heterocycles. The average Bonchev–Trinajstić information content (AvgIpc) is 3.12. The maximum Gasteiger partial charge on any atom is 0.434 e. The van der Waals surface area contributed by atoms with E-state index in [0.29, 0.717) is 32.5 Å². The fourth-order valence-electron chi connectivity index (χ4n) is 5.62. The molecule has 0 N–H and O–H groups in total. The molecule has 1 aromatic carbocycles. The van der Waals surface area contributed by atoms with E-state index in [1.54, 1.807) is 0 Å². The Hall–Kier alpha value is -2.22. The second-order valence-electron chi connectivity index (χ2n) is 10.6. The van der Waals surface area contributed by atoms with Crippen LogP contribution in [0.3, 0.4) is 0 Å². The summed E-state index contributed by atoms with van der Waals surface area (Å²) in [5.41, 5.74) is 2.67. The van der Waals surface area contributed by atoms with Crippen LogP contribution in [0.25, 0.3) is 0 Å². The number of amides is 1. The number of aryl methyl sites for hydroxylation is 1. The van der Waals surface area contributed by atoms with E-state index in [2.05, 4.69) is 9.64 Å². The maximum atomic E-state index is 12.8. The Morgan fingerprint density at radius 1 is 1.05 bits per heavy atom. The predicted molar refractivity (Wildman–Crippen MR) is 128 cm³/mol. The average molecular weight is 572 g/mol. The van der Waals surface area contributed by atoms with E-state index in [1.165, 1.54) is 6.26 Å². The summed E-state index contributed by atoms with van der Waals surface area (Å²) in [6, 6.07) is 6.00. The lowest BCUT2D eigenvalue weighted by atomic mass is 9.84. The van der Waals surface area contributed by atoms with Crippen molar-refractivity contribution in [1.82, 2.24) is 9.80 Å². The lowest BCUT2D eigenvalue weighted by Gasteiger charge is -2.46. The summed E-state index contributed by atoms with van der Waals surface area (Å²) in [7, 11) is -3.13. The van der Waals surface area contributed by atoms with E-state index in [4.69, 9.17) is 0 Å². The van der Waals surface area contributed by atoms with Gasteiger partial charge in [-0.2, -0.15) is 26.3 Å². The van der Waals surface area contributed by atoms with Crippen molar-refractivity contribution < 1.29 is 44.3 Å². The smallest absolute Gasteiger partial charge is 0.426 e. The van der Waals surface area contributed by atoms with Crippen LogP contribution in [0.15, 0.2) is 18.2 Å². The zero-order valence-electron chi connectivity index (χ0n) is 21.1. The quantitative estimate of drug-likeness (QED) is 0.492. The first kappa shape index (κ1) is 28.8. The van der Waals surface area contributed by atoms with E-state index in [0.717, 1.165) is 41.1 Å². The summed E-state index contributed by atoms with van der Waals surface area (Å²) in [4.78, 5) is 17.4. The van der Waals surface area contributed by atoms with Gasteiger partial charge >= 0.3 is 18.4 Å². The Kier molecular flexibility index (Phi) is 7.63. The van der Waals surface area contributed by atoms with Crippen molar-refractivity contribution in [2.24, 2.45) is 0 Å². The van der Waals surface area contributed by atoms with Crippen LogP contribution in [0.2, 0.25) is 0 Å². The minimum Gasteiger partial charge on any atom is -0.426 e. The molecule has 0 aliphatic carbocycles. The molecule has 3 aliphatic rings. The SMILES string of the molecule is Cc1ccc(CN2CCCC23CCN(C(=O)OC(C(F)(F)F)C(F)(F)F)CC3)c(N2CC(S(C)(=O)=O)C2)c1. The highest BCUT2D eigenvalue weighted by molar-refractivity contribution is 7.91. The highest BCUT2D eigenvalue weighted by atomic mass is 32.2. The monoisotopic (exact) mass is 571 g/mol. The van der Waals surface area contributed by atoms with Crippen LogP contribution in [-0.4, -0.2) is 92.5 Å². The molecule has 38 heavy (non-hydrogen) atoms. The number of piperidine rings is 1. The van der Waals surface area contributed by atoms with Gasteiger partial charge in [0.15, 0.2) is 9.84 Å². The van der Waals surface area contributed by atoms with Gasteiger partial charge in [0, 0.05) is 50.2 Å². The number of ether oxygens (including phenoxy) is 1. The first-order chi connectivity index (χ1) is 17.5. The molecule has 0 bridgehead atoms. The summed E-state index contributed by atoms with van der Waals surface area (Å²) in [5.74, 6) is 0. The minimum atomic E-state index is -5.75. The molecule has 3 heterocycles. The van der Waals surface area contributed by atoms with Crippen LogP contribution in [0, 0.1) is 6.92 Å². The molecule has 1 spiro atoms. The number of rotatable bonds is 5. The molecule has 0 radical (unpaired) electrons. The van der Waals surface area contributed by atoms with Crippen molar-refractivity contribution in [1.29, 1.82) is 0 Å². The number of hydrogen-bond donors (Lipinski definition) is 0. The third kappa shape index (κ3) is 6.00. The number of carbonyl (C=O) groups is 1. The fourth-order valence-corrected chi connectivity index (χ4v) is 6.52. The van der Waals surface area contributed by atoms with Gasteiger partial charge in [0.05, 0.1) is 5.25 Å². The lowest BCUT2D eigenvalue weighted by Crippen LogP contribution is -2.55. The van der Waals surface area contributed by atoms with Gasteiger partial charge in [0.2, 0.25) is 0 Å². The van der Waals surface area contributed by atoms with Crippen LogP contribution < -0.4 is 4.90 Å². The maximum absolute atomic E-state index is 12.8. The molecule has 0 saturated carbocycles. The fraction of sp³-hybridized carbons (Fsp3) is 0.708. The molecule has 1 amide bonds. The van der Waals surface area contributed by atoms with E-state index in [1.807, 2.05) is 30.0 Å². The van der Waals surface area contributed by atoms with Gasteiger partial charge < -0.3 is 14.5 Å². The Balaban J connectivity index is 1.42. The number of hydrogen-bond acceptors (Lipinski definition) is 6. The van der Waals surface area contributed by atoms with Crippen LogP contribution in [-0.2, 0) is 21.1 Å². The molecular formula is C24H31F6N3O4S. The van der Waals surface area contributed by atoms with Crippen molar-refractivity contribution in [2.45, 2.75) is 68.4 Å². The summed E-state index contributed by atoms with van der Waals surface area (Å²) in [6.07, 6.45) is -13.6. The van der Waals surface area contributed by atoms with Gasteiger partial charge in [-0.3, -0.25) is 4.90 Å². The van der Waals surface area contributed by atoms with Crippen molar-refractivity contribution in [3.8, 4) is 0 Å². The third-order valence-electron chi connectivity index (χ3n) is 7.90. The topological polar surface area (TPSA) is 70.2 Å². The molecule has 7 nitrogen and oxygen atoms in total. The summed E-state index contributed by atoms with van der Waals surface area (Å²) in [6.45, 7) is 4.07. The van der Waals surface area contributed by atoms with Crippen LogP contribution in [0.5, 0.6) is 0 Å². The van der Waals surface area contributed by atoms with Crippen molar-refractivity contribution >= 4 is 21.6 Å². The Morgan fingerprint density at radius 3 is 2.21 bits per heavy atom. The summed E-state index contributed by atoms with van der Waals surface area (Å²) < 4.78 is 104. The van der Waals surface area contributed by atoms with Crippen molar-refractivity contribution in [3.63, 3.8) is 0 Å². The first-order valence-electron chi connectivity index (χ1n) is 12.4. The number of alkyl halides is 6. The zero-order valence-corrected chi connectivity index (χ0v) is 21.9. The second kappa shape index (κ2) is 10.1. The van der Waals surface area contributed by atoms with Gasteiger partial charge in [-0.15, -0.1) is 0 Å². The highest BCUT2D eigenvalue weighted by Gasteiger charge is 2.60. The minimum absolute atomic E-state index is 0.0132. The standard InChI is InChI=1S/C24H31F6N3O4S/c1-16-4-5-17(19(12-16)32-14-18(15-32)38(2,35)36)13-33-9-3-6-22(33)7-10-31(11-8-22)21(34)37-20(23(25,26)27)24(28,29)30/h4-5,12,18,20H,3,6-11,13-15H2,1-2H3. The van der Waals surface area contributed by atoms with Crippen molar-refractivity contribution in [3.05, 3.63) is 29.3 Å². The third-order valence-corrected chi connectivity index (χ3v) is 9.41. The predicted octanol–water partition coefficient (Wildman–Crippen LogP) is 4.29. The lowest BCUT2D eigenvalue weighted by molar-refractivity contribution is -0.308. The number of sulfone groups is 1. The molecule has 3 aliphatic heterocycles. The van der Waals surface area contributed by atoms with E-state index >= 15 is 0 Å². The Labute approximate surface area is 217 Å². The van der Waals surface area contributed by atoms with Crippen LogP contribution in [0.4, 0.5) is 36.8 Å². The number of likely N-dealkylation sites (tertiary alicyclic amines) is 2. The summed E-state index contributed by atoms with van der Waals surface area (Å²) >= 11 is 0. The van der Waals surface area contributed by atoms with E-state index in [-0.39, 0.29) is 18.6 Å². The van der Waals surface area contributed by atoms with Gasteiger partial charge in [0.25, 0.3) is 6.10 Å². The molecule has 4 rings (SSSR count). The zero-order chi connectivity index (χ0) is 28.1. The molecule has 214 valence electrons. The summed E-state index contributed by atoms with van der Waals surface area (Å²) in [5, 5.41) is -0.410. The Bertz CT molecular complexity index is 1130. The van der Waals surface area contributed by atoms with Gasteiger partial charge in [-0.05, 0) is 56.3 Å². The molecule has 3 fully saturated rings. The molecule has 0 unspecified atom stereocenters. The molecule has 0 atom stereocenters. The van der Waals surface area contributed by atoms with Gasteiger partial charge in [0.1, 0.15) is 0 Å². The highest BCUT2D eigenvalue weighted by Crippen LogP contribution is 2.42. The molecular weight excluding hydrogens is 540 g/mol. The second-order valence-corrected chi connectivity index (χ2v) is 12.9.